The summed E-state index contributed by atoms with van der Waals surface area (Å²) in [5, 5.41) is 15.6. The quantitative estimate of drug-likeness (QED) is 0.388. The molecule has 0 fully saturated rings. The van der Waals surface area contributed by atoms with Crippen molar-refractivity contribution >= 4 is 18.0 Å². The first-order valence-corrected chi connectivity index (χ1v) is 2.55. The second-order valence-corrected chi connectivity index (χ2v) is 1.41. The van der Waals surface area contributed by atoms with E-state index >= 15 is 0 Å². The number of carbonyl (C=O) groups excluding carboxylic acids is 1. The van der Waals surface area contributed by atoms with E-state index in [9.17, 15) is 9.59 Å². The van der Waals surface area contributed by atoms with Crippen LogP contribution in [0.3, 0.4) is 0 Å². The number of carboxylic acid groups (broad SMARTS) is 2. The second kappa shape index (κ2) is 7.06. The lowest BCUT2D eigenvalue weighted by atomic mass is 10.5. The van der Waals surface area contributed by atoms with Crippen LogP contribution in [0.15, 0.2) is 12.2 Å². The molecule has 68 valence electrons. The molecule has 0 aliphatic heterocycles. The average molecular weight is 176 g/mol. The molecular formula is C5H8N2O5. The third-order valence-corrected chi connectivity index (χ3v) is 0.368. The van der Waals surface area contributed by atoms with Crippen LogP contribution in [0.1, 0.15) is 0 Å². The molecule has 0 atom stereocenters. The summed E-state index contributed by atoms with van der Waals surface area (Å²) < 4.78 is 0. The number of hydrogen-bond acceptors (Lipinski definition) is 3. The maximum Gasteiger partial charge on any atom is 0.328 e. The lowest BCUT2D eigenvalue weighted by Gasteiger charge is -1.74. The number of primary amides is 2. The Morgan fingerprint density at radius 1 is 0.917 bits per heavy atom. The van der Waals surface area contributed by atoms with Crippen LogP contribution >= 0.6 is 0 Å². The fourth-order valence-electron chi connectivity index (χ4n) is 0.143. The number of amides is 2. The van der Waals surface area contributed by atoms with Crippen molar-refractivity contribution in [2.24, 2.45) is 11.5 Å². The van der Waals surface area contributed by atoms with Crippen LogP contribution in [0.4, 0.5) is 4.79 Å². The predicted molar refractivity (Wildman–Crippen MR) is 38.2 cm³/mol. The van der Waals surface area contributed by atoms with Crippen LogP contribution in [0.5, 0.6) is 0 Å². The van der Waals surface area contributed by atoms with Crippen LogP contribution in [0.2, 0.25) is 0 Å². The summed E-state index contributed by atoms with van der Waals surface area (Å²) >= 11 is 0. The lowest BCUT2D eigenvalue weighted by Crippen LogP contribution is -2.18. The molecule has 6 N–H and O–H groups in total. The molecule has 0 aromatic heterocycles. The number of carbonyl (C=O) groups is 3. The van der Waals surface area contributed by atoms with Crippen molar-refractivity contribution in [3.05, 3.63) is 12.2 Å². The molecule has 0 radical (unpaired) electrons. The van der Waals surface area contributed by atoms with E-state index in [1.165, 1.54) is 0 Å². The summed E-state index contributed by atoms with van der Waals surface area (Å²) in [5.74, 6) is -2.51. The molecule has 0 saturated heterocycles. The minimum absolute atomic E-state index is 0.558. The van der Waals surface area contributed by atoms with Crippen molar-refractivity contribution in [1.82, 2.24) is 0 Å². The molecule has 0 aromatic rings. The Hall–Kier alpha value is -2.05. The van der Waals surface area contributed by atoms with Crippen LogP contribution < -0.4 is 11.5 Å². The Balaban J connectivity index is 0. The normalized spacial score (nSPS) is 8.33. The van der Waals surface area contributed by atoms with Gasteiger partial charge in [-0.15, -0.1) is 0 Å². The zero-order chi connectivity index (χ0) is 10.1. The summed E-state index contributed by atoms with van der Waals surface area (Å²) in [4.78, 5) is 28.1. The van der Waals surface area contributed by atoms with E-state index in [-0.39, 0.29) is 0 Å². The van der Waals surface area contributed by atoms with Gasteiger partial charge >= 0.3 is 18.0 Å². The number of hydrogen-bond donors (Lipinski definition) is 4. The number of carboxylic acids is 2. The van der Waals surface area contributed by atoms with Crippen molar-refractivity contribution in [3.8, 4) is 0 Å². The smallest absolute Gasteiger partial charge is 0.328 e. The van der Waals surface area contributed by atoms with Crippen molar-refractivity contribution in [1.29, 1.82) is 0 Å². The Labute approximate surface area is 67.3 Å². The predicted octanol–water partition coefficient (Wildman–Crippen LogP) is -1.26. The van der Waals surface area contributed by atoms with Gasteiger partial charge in [0.05, 0.1) is 0 Å². The van der Waals surface area contributed by atoms with Crippen molar-refractivity contribution < 1.29 is 24.6 Å². The van der Waals surface area contributed by atoms with Crippen molar-refractivity contribution in [2.45, 2.75) is 0 Å². The van der Waals surface area contributed by atoms with Gasteiger partial charge in [0.25, 0.3) is 0 Å². The second-order valence-electron chi connectivity index (χ2n) is 1.41. The van der Waals surface area contributed by atoms with E-state index in [2.05, 4.69) is 11.5 Å². The topological polar surface area (TPSA) is 144 Å². The lowest BCUT2D eigenvalue weighted by molar-refractivity contribution is -0.134. The van der Waals surface area contributed by atoms with Crippen molar-refractivity contribution in [3.63, 3.8) is 0 Å². The number of rotatable bonds is 2. The van der Waals surface area contributed by atoms with Gasteiger partial charge in [-0.25, -0.2) is 14.4 Å². The van der Waals surface area contributed by atoms with Gasteiger partial charge in [-0.2, -0.15) is 0 Å². The molecule has 0 unspecified atom stereocenters. The Kier molecular flexibility index (Phi) is 7.42. The zero-order valence-corrected chi connectivity index (χ0v) is 5.93. The van der Waals surface area contributed by atoms with E-state index in [1.807, 2.05) is 0 Å². The Morgan fingerprint density at radius 2 is 1.08 bits per heavy atom. The van der Waals surface area contributed by atoms with Crippen molar-refractivity contribution in [2.75, 3.05) is 0 Å². The highest BCUT2D eigenvalue weighted by Crippen LogP contribution is 1.70. The fourth-order valence-corrected chi connectivity index (χ4v) is 0.143. The van der Waals surface area contributed by atoms with Gasteiger partial charge in [0.2, 0.25) is 0 Å². The Morgan fingerprint density at radius 3 is 1.17 bits per heavy atom. The summed E-state index contributed by atoms with van der Waals surface area (Å²) in [5.41, 5.74) is 8.50. The van der Waals surface area contributed by atoms with Gasteiger partial charge in [-0.05, 0) is 0 Å². The van der Waals surface area contributed by atoms with E-state index in [0.29, 0.717) is 12.2 Å². The highest BCUT2D eigenvalue weighted by molar-refractivity contribution is 5.89. The molecule has 0 heterocycles. The van der Waals surface area contributed by atoms with E-state index in [1.54, 1.807) is 0 Å². The van der Waals surface area contributed by atoms with Gasteiger partial charge in [-0.3, -0.25) is 0 Å². The van der Waals surface area contributed by atoms with Crippen LogP contribution in [-0.4, -0.2) is 28.2 Å². The summed E-state index contributed by atoms with van der Waals surface area (Å²) in [6, 6.07) is -0.833. The molecule has 0 aromatic carbocycles. The molecular weight excluding hydrogens is 168 g/mol. The van der Waals surface area contributed by atoms with Crippen LogP contribution in [0, 0.1) is 0 Å². The first-order chi connectivity index (χ1) is 5.36. The monoisotopic (exact) mass is 176 g/mol. The minimum Gasteiger partial charge on any atom is -0.478 e. The van der Waals surface area contributed by atoms with Gasteiger partial charge < -0.3 is 21.7 Å². The van der Waals surface area contributed by atoms with Crippen LogP contribution in [0.25, 0.3) is 0 Å². The van der Waals surface area contributed by atoms with E-state index in [0.717, 1.165) is 0 Å². The van der Waals surface area contributed by atoms with Gasteiger partial charge in [0.1, 0.15) is 0 Å². The van der Waals surface area contributed by atoms with Gasteiger partial charge in [-0.1, -0.05) is 0 Å². The molecule has 0 bridgehead atoms. The average Bonchev–Trinajstić information content (AvgIpc) is 1.82. The molecule has 0 saturated carbocycles. The fraction of sp³-hybridized carbons (Fsp3) is 0. The summed E-state index contributed by atoms with van der Waals surface area (Å²) in [6.45, 7) is 0. The summed E-state index contributed by atoms with van der Waals surface area (Å²) in [6.07, 6.45) is 1.12. The van der Waals surface area contributed by atoms with Gasteiger partial charge in [0.15, 0.2) is 0 Å². The third-order valence-electron chi connectivity index (χ3n) is 0.368. The maximum atomic E-state index is 9.55. The van der Waals surface area contributed by atoms with Gasteiger partial charge in [0, 0.05) is 12.2 Å². The zero-order valence-electron chi connectivity index (χ0n) is 5.93. The molecule has 0 spiro atoms. The highest BCUT2D eigenvalue weighted by atomic mass is 16.4. The van der Waals surface area contributed by atoms with Crippen LogP contribution in [-0.2, 0) is 9.59 Å². The minimum atomic E-state index is -1.26. The first-order valence-electron chi connectivity index (χ1n) is 2.55. The first kappa shape index (κ1) is 12.6. The molecule has 7 nitrogen and oxygen atoms in total. The molecule has 0 aliphatic carbocycles. The standard InChI is InChI=1S/C4H4O4.CH4N2O/c5-3(6)1-2-4(7)8;2-1(3)4/h1-2H,(H,5,6)(H,7,8);(H4,2,3,4)/b2-1-;. The number of urea groups is 1. The number of nitrogens with two attached hydrogens (primary N) is 2. The molecule has 2 amide bonds. The highest BCUT2D eigenvalue weighted by Gasteiger charge is 1.88. The molecule has 12 heavy (non-hydrogen) atoms. The molecule has 0 rings (SSSR count). The SMILES string of the molecule is NC(N)=O.O=C(O)/C=C\C(=O)O. The Bertz CT molecular complexity index is 190. The third kappa shape index (κ3) is 44.1. The van der Waals surface area contributed by atoms with E-state index in [4.69, 9.17) is 15.0 Å². The summed E-state index contributed by atoms with van der Waals surface area (Å²) in [7, 11) is 0. The van der Waals surface area contributed by atoms with E-state index < -0.39 is 18.0 Å². The molecule has 0 aliphatic rings. The maximum absolute atomic E-state index is 9.55. The molecule has 7 heteroatoms. The largest absolute Gasteiger partial charge is 0.478 e. The number of aliphatic carboxylic acids is 2.